The van der Waals surface area contributed by atoms with Crippen molar-refractivity contribution in [2.45, 2.75) is 70.7 Å². The van der Waals surface area contributed by atoms with E-state index >= 15 is 0 Å². The first-order valence-electron chi connectivity index (χ1n) is 10.7. The summed E-state index contributed by atoms with van der Waals surface area (Å²) in [4.78, 5) is 40.4. The number of imide groups is 1. The molecule has 3 aliphatic rings. The fourth-order valence-electron chi connectivity index (χ4n) is 4.86. The average Bonchev–Trinajstić information content (AvgIpc) is 3.03. The second kappa shape index (κ2) is 8.14. The van der Waals surface area contributed by atoms with Crippen LogP contribution in [-0.4, -0.2) is 58.8 Å². The molecule has 1 N–H and O–H groups in total. The molecule has 3 aliphatic heterocycles. The largest absolute Gasteiger partial charge is 0.489 e. The Morgan fingerprint density at radius 1 is 1.21 bits per heavy atom. The molecule has 3 atom stereocenters. The molecular formula is C22H29N3O4. The number of likely N-dealkylation sites (N-methyl/N-ethyl adjacent to an activating group) is 1. The summed E-state index contributed by atoms with van der Waals surface area (Å²) in [7, 11) is 0. The number of piperidine rings is 2. The van der Waals surface area contributed by atoms with Gasteiger partial charge in [-0.25, -0.2) is 0 Å². The molecule has 2 saturated heterocycles. The van der Waals surface area contributed by atoms with Crippen molar-refractivity contribution >= 4 is 17.7 Å². The van der Waals surface area contributed by atoms with E-state index in [1.165, 1.54) is 12.8 Å². The number of rotatable bonds is 5. The van der Waals surface area contributed by atoms with E-state index in [0.29, 0.717) is 24.6 Å². The van der Waals surface area contributed by atoms with Crippen LogP contribution in [0.5, 0.6) is 5.75 Å². The number of hydrogen-bond donors (Lipinski definition) is 1. The van der Waals surface area contributed by atoms with Gasteiger partial charge in [0.2, 0.25) is 11.8 Å². The van der Waals surface area contributed by atoms with Crippen LogP contribution in [0.15, 0.2) is 18.2 Å². The molecule has 7 heteroatoms. The van der Waals surface area contributed by atoms with Gasteiger partial charge in [0, 0.05) is 24.6 Å². The zero-order chi connectivity index (χ0) is 20.5. The van der Waals surface area contributed by atoms with Gasteiger partial charge in [0.25, 0.3) is 5.91 Å². The number of nitrogens with zero attached hydrogens (tertiary/aromatic N) is 2. The summed E-state index contributed by atoms with van der Waals surface area (Å²) in [6.45, 7) is 6.82. The monoisotopic (exact) mass is 399 g/mol. The third-order valence-corrected chi connectivity index (χ3v) is 6.43. The van der Waals surface area contributed by atoms with Crippen LogP contribution in [0.3, 0.4) is 0 Å². The van der Waals surface area contributed by atoms with Gasteiger partial charge in [-0.2, -0.15) is 0 Å². The predicted octanol–water partition coefficient (Wildman–Crippen LogP) is 2.09. The molecular weight excluding hydrogens is 370 g/mol. The van der Waals surface area contributed by atoms with E-state index in [0.717, 1.165) is 30.8 Å². The quantitative estimate of drug-likeness (QED) is 0.767. The van der Waals surface area contributed by atoms with Gasteiger partial charge in [-0.15, -0.1) is 0 Å². The van der Waals surface area contributed by atoms with Gasteiger partial charge < -0.3 is 9.64 Å². The topological polar surface area (TPSA) is 79.0 Å². The fraction of sp³-hybridized carbons (Fsp3) is 0.591. The van der Waals surface area contributed by atoms with Crippen LogP contribution in [0.25, 0.3) is 0 Å². The zero-order valence-electron chi connectivity index (χ0n) is 17.1. The van der Waals surface area contributed by atoms with E-state index in [1.54, 1.807) is 11.0 Å². The maximum Gasteiger partial charge on any atom is 0.255 e. The number of likely N-dealkylation sites (tertiary alicyclic amines) is 1. The van der Waals surface area contributed by atoms with Crippen LogP contribution < -0.4 is 10.1 Å². The first-order chi connectivity index (χ1) is 14.0. The van der Waals surface area contributed by atoms with Crippen molar-refractivity contribution < 1.29 is 19.1 Å². The second-order valence-electron chi connectivity index (χ2n) is 8.23. The van der Waals surface area contributed by atoms with Crippen LogP contribution >= 0.6 is 0 Å². The maximum atomic E-state index is 12.8. The average molecular weight is 399 g/mol. The highest BCUT2D eigenvalue weighted by atomic mass is 16.5. The van der Waals surface area contributed by atoms with Crippen molar-refractivity contribution in [1.29, 1.82) is 0 Å². The minimum Gasteiger partial charge on any atom is -0.489 e. The van der Waals surface area contributed by atoms with Crippen LogP contribution in [0.4, 0.5) is 0 Å². The summed E-state index contributed by atoms with van der Waals surface area (Å²) in [5.74, 6) is -0.0530. The molecule has 2 unspecified atom stereocenters. The van der Waals surface area contributed by atoms with Crippen LogP contribution in [0, 0.1) is 0 Å². The number of fused-ring (bicyclic) bond motifs is 1. The summed E-state index contributed by atoms with van der Waals surface area (Å²) in [6, 6.07) is 5.39. The van der Waals surface area contributed by atoms with Gasteiger partial charge in [0.05, 0.1) is 0 Å². The third-order valence-electron chi connectivity index (χ3n) is 6.43. The van der Waals surface area contributed by atoms with Crippen molar-refractivity contribution in [1.82, 2.24) is 15.1 Å². The molecule has 3 amide bonds. The molecule has 3 heterocycles. The Bertz CT molecular complexity index is 824. The van der Waals surface area contributed by atoms with E-state index < -0.39 is 6.04 Å². The van der Waals surface area contributed by atoms with Crippen LogP contribution in [-0.2, 0) is 16.1 Å². The van der Waals surface area contributed by atoms with E-state index in [9.17, 15) is 14.4 Å². The smallest absolute Gasteiger partial charge is 0.255 e. The molecule has 1 aromatic carbocycles. The Morgan fingerprint density at radius 2 is 2.03 bits per heavy atom. The second-order valence-corrected chi connectivity index (χ2v) is 8.23. The maximum absolute atomic E-state index is 12.8. The molecule has 0 aromatic heterocycles. The minimum absolute atomic E-state index is 0.0663. The molecule has 156 valence electrons. The van der Waals surface area contributed by atoms with Crippen molar-refractivity contribution in [2.24, 2.45) is 0 Å². The lowest BCUT2D eigenvalue weighted by Gasteiger charge is -2.38. The van der Waals surface area contributed by atoms with Crippen LogP contribution in [0.1, 0.15) is 61.9 Å². The van der Waals surface area contributed by atoms with Gasteiger partial charge >= 0.3 is 0 Å². The van der Waals surface area contributed by atoms with E-state index in [1.807, 2.05) is 12.1 Å². The van der Waals surface area contributed by atoms with E-state index in [2.05, 4.69) is 24.1 Å². The molecule has 29 heavy (non-hydrogen) atoms. The molecule has 0 bridgehead atoms. The first kappa shape index (κ1) is 19.9. The number of carbonyl (C=O) groups excluding carboxylic acids is 3. The number of nitrogens with one attached hydrogen (secondary N) is 1. The Hall–Kier alpha value is -2.41. The van der Waals surface area contributed by atoms with Gasteiger partial charge in [-0.1, -0.05) is 13.3 Å². The van der Waals surface area contributed by atoms with E-state index in [-0.39, 0.29) is 30.2 Å². The standard InChI is InChI=1S/C22H29N3O4/c1-3-24-11-5-4-6-18(24)14(2)29-16-7-8-17-15(12-16)13-25(22(17)28)19-9-10-20(26)23-21(19)27/h7-8,12,14,18-19H,3-6,9-11,13H2,1-2H3,(H,23,26,27)/t14?,18-,19?/m1/s1. The summed E-state index contributed by atoms with van der Waals surface area (Å²) < 4.78 is 6.27. The Morgan fingerprint density at radius 3 is 2.79 bits per heavy atom. The van der Waals surface area contributed by atoms with Crippen molar-refractivity contribution in [3.05, 3.63) is 29.3 Å². The van der Waals surface area contributed by atoms with Gasteiger partial charge in [-0.05, 0) is 63.0 Å². The third kappa shape index (κ3) is 3.88. The Balaban J connectivity index is 1.46. The van der Waals surface area contributed by atoms with Crippen molar-refractivity contribution in [2.75, 3.05) is 13.1 Å². The summed E-state index contributed by atoms with van der Waals surface area (Å²) in [5, 5.41) is 2.34. The van der Waals surface area contributed by atoms with Gasteiger partial charge in [-0.3, -0.25) is 24.6 Å². The van der Waals surface area contributed by atoms with Gasteiger partial charge in [0.15, 0.2) is 0 Å². The molecule has 0 spiro atoms. The molecule has 1 aromatic rings. The number of ether oxygens (including phenoxy) is 1. The lowest BCUT2D eigenvalue weighted by Crippen LogP contribution is -2.52. The normalized spacial score (nSPS) is 26.3. The summed E-state index contributed by atoms with van der Waals surface area (Å²) in [6.07, 6.45) is 4.32. The Labute approximate surface area is 171 Å². The Kier molecular flexibility index (Phi) is 5.58. The molecule has 0 aliphatic carbocycles. The number of hydrogen-bond acceptors (Lipinski definition) is 5. The van der Waals surface area contributed by atoms with Crippen LogP contribution in [0.2, 0.25) is 0 Å². The highest BCUT2D eigenvalue weighted by molar-refractivity contribution is 6.05. The zero-order valence-corrected chi connectivity index (χ0v) is 17.1. The molecule has 0 radical (unpaired) electrons. The first-order valence-corrected chi connectivity index (χ1v) is 10.7. The van der Waals surface area contributed by atoms with E-state index in [4.69, 9.17) is 4.74 Å². The highest BCUT2D eigenvalue weighted by Gasteiger charge is 2.39. The summed E-state index contributed by atoms with van der Waals surface area (Å²) >= 11 is 0. The SMILES string of the molecule is CCN1CCCC[C@@H]1C(C)Oc1ccc2c(c1)CN(C1CCC(=O)NC1=O)C2=O. The molecule has 4 rings (SSSR count). The number of carbonyl (C=O) groups is 3. The summed E-state index contributed by atoms with van der Waals surface area (Å²) in [5.41, 5.74) is 1.49. The predicted molar refractivity (Wildman–Crippen MR) is 107 cm³/mol. The highest BCUT2D eigenvalue weighted by Crippen LogP contribution is 2.31. The molecule has 7 nitrogen and oxygen atoms in total. The van der Waals surface area contributed by atoms with Crippen molar-refractivity contribution in [3.63, 3.8) is 0 Å². The minimum atomic E-state index is -0.587. The molecule has 2 fully saturated rings. The van der Waals surface area contributed by atoms with Crippen molar-refractivity contribution in [3.8, 4) is 5.75 Å². The fourth-order valence-corrected chi connectivity index (χ4v) is 4.86. The van der Waals surface area contributed by atoms with Gasteiger partial charge in [0.1, 0.15) is 17.9 Å². The number of amides is 3. The number of benzene rings is 1. The lowest BCUT2D eigenvalue weighted by molar-refractivity contribution is -0.136. The molecule has 0 saturated carbocycles. The lowest BCUT2D eigenvalue weighted by atomic mass is 9.98.